The Morgan fingerprint density at radius 2 is 1.57 bits per heavy atom. The van der Waals surface area contributed by atoms with Crippen LogP contribution in [0.25, 0.3) is 0 Å². The maximum absolute atomic E-state index is 13.6. The molecule has 1 saturated heterocycles. The van der Waals surface area contributed by atoms with Gasteiger partial charge in [0.2, 0.25) is 35.4 Å². The van der Waals surface area contributed by atoms with Gasteiger partial charge in [-0.2, -0.15) is 0 Å². The van der Waals surface area contributed by atoms with E-state index in [2.05, 4.69) is 26.6 Å². The molecule has 294 valence electrons. The topological polar surface area (TPSA) is 253 Å². The van der Waals surface area contributed by atoms with Crippen molar-refractivity contribution >= 4 is 59.1 Å². The van der Waals surface area contributed by atoms with Gasteiger partial charge in [0, 0.05) is 50.1 Å². The minimum absolute atomic E-state index is 0.0534. The van der Waals surface area contributed by atoms with Crippen molar-refractivity contribution in [1.82, 2.24) is 31.5 Å². The monoisotopic (exact) mass is 760 g/mol. The fourth-order valence-electron chi connectivity index (χ4n) is 5.44. The maximum Gasteiger partial charge on any atom is 0.303 e. The van der Waals surface area contributed by atoms with Crippen molar-refractivity contribution in [3.05, 3.63) is 35.9 Å². The zero-order chi connectivity index (χ0) is 39.5. The number of nitrogens with one attached hydrogen (secondary N) is 6. The Labute approximate surface area is 315 Å². The molecule has 17 heteroatoms. The van der Waals surface area contributed by atoms with E-state index in [1.54, 1.807) is 13.8 Å². The Hall–Kier alpha value is -4.67. The van der Waals surface area contributed by atoms with Crippen molar-refractivity contribution in [2.45, 2.75) is 115 Å². The molecule has 0 spiro atoms. The number of unbranched alkanes of at least 4 members (excludes halogenated alkanes) is 1. The molecule has 6 amide bonds. The van der Waals surface area contributed by atoms with Gasteiger partial charge in [0.1, 0.15) is 18.1 Å². The number of thioether (sulfide) groups is 1. The predicted molar refractivity (Wildman–Crippen MR) is 202 cm³/mol. The Morgan fingerprint density at radius 3 is 2.19 bits per heavy atom. The van der Waals surface area contributed by atoms with E-state index < -0.39 is 59.0 Å². The van der Waals surface area contributed by atoms with Crippen LogP contribution in [-0.2, 0) is 40.0 Å². The first-order chi connectivity index (χ1) is 25.1. The molecule has 0 saturated carbocycles. The molecule has 0 bridgehead atoms. The molecule has 1 aromatic carbocycles. The fourth-order valence-corrected chi connectivity index (χ4v) is 6.68. The van der Waals surface area contributed by atoms with E-state index in [1.807, 2.05) is 37.3 Å². The summed E-state index contributed by atoms with van der Waals surface area (Å²) in [4.78, 5) is 91.0. The van der Waals surface area contributed by atoms with Crippen LogP contribution in [0.5, 0.6) is 0 Å². The number of carboxylic acid groups (broad SMARTS) is 1. The maximum atomic E-state index is 13.6. The Balaban J connectivity index is 2.15. The summed E-state index contributed by atoms with van der Waals surface area (Å²) in [7, 11) is 0. The molecule has 5 atom stereocenters. The summed E-state index contributed by atoms with van der Waals surface area (Å²) in [5.41, 5.74) is 6.18. The summed E-state index contributed by atoms with van der Waals surface area (Å²) in [5.74, 6) is -4.07. The molecule has 1 fully saturated rings. The largest absolute Gasteiger partial charge is 0.481 e. The number of nitrogens with two attached hydrogens (primary N) is 1. The van der Waals surface area contributed by atoms with E-state index in [-0.39, 0.29) is 74.5 Å². The third-order valence-electron chi connectivity index (χ3n) is 8.54. The lowest BCUT2D eigenvalue weighted by Gasteiger charge is -2.26. The molecule has 9 N–H and O–H groups in total. The molecule has 0 aliphatic carbocycles. The van der Waals surface area contributed by atoms with Gasteiger partial charge in [0.15, 0.2) is 5.96 Å². The molecule has 16 nitrogen and oxygen atoms in total. The first kappa shape index (κ1) is 44.5. The van der Waals surface area contributed by atoms with Crippen LogP contribution in [0.3, 0.4) is 0 Å². The number of carboxylic acids is 1. The van der Waals surface area contributed by atoms with Crippen LogP contribution in [0.1, 0.15) is 84.6 Å². The molecule has 1 heterocycles. The average molecular weight is 761 g/mol. The van der Waals surface area contributed by atoms with E-state index >= 15 is 0 Å². The summed E-state index contributed by atoms with van der Waals surface area (Å²) in [6.45, 7) is 7.43. The van der Waals surface area contributed by atoms with Crippen LogP contribution in [0.4, 0.5) is 0 Å². The summed E-state index contributed by atoms with van der Waals surface area (Å²) in [6, 6.07) is 5.33. The predicted octanol–water partition coefficient (Wildman–Crippen LogP) is 1.02. The smallest absolute Gasteiger partial charge is 0.303 e. The lowest BCUT2D eigenvalue weighted by molar-refractivity contribution is -0.139. The lowest BCUT2D eigenvalue weighted by atomic mass is 10.0. The van der Waals surface area contributed by atoms with E-state index in [0.717, 1.165) is 12.0 Å². The van der Waals surface area contributed by atoms with Crippen molar-refractivity contribution < 1.29 is 38.7 Å². The number of carbonyl (C=O) groups is 7. The van der Waals surface area contributed by atoms with Crippen molar-refractivity contribution in [3.8, 4) is 0 Å². The number of guanidine groups is 1. The number of nitrogens with zero attached hydrogens (tertiary/aromatic N) is 1. The summed E-state index contributed by atoms with van der Waals surface area (Å²) >= 11 is 1.23. The van der Waals surface area contributed by atoms with Crippen molar-refractivity contribution in [2.75, 3.05) is 18.8 Å². The number of likely N-dealkylation sites (tertiary alicyclic amines) is 1. The third-order valence-corrected chi connectivity index (χ3v) is 9.90. The summed E-state index contributed by atoms with van der Waals surface area (Å²) in [6.07, 6.45) is 2.60. The molecular formula is C36H56N8O8S. The van der Waals surface area contributed by atoms with Crippen LogP contribution >= 0.6 is 11.8 Å². The molecule has 1 aliphatic heterocycles. The van der Waals surface area contributed by atoms with Gasteiger partial charge in [-0.05, 0) is 44.6 Å². The molecule has 1 aromatic rings. The molecule has 0 aromatic heterocycles. The second kappa shape index (κ2) is 23.1. The second-order valence-electron chi connectivity index (χ2n) is 13.4. The van der Waals surface area contributed by atoms with Gasteiger partial charge < -0.3 is 37.4 Å². The summed E-state index contributed by atoms with van der Waals surface area (Å²) in [5, 5.41) is 29.6. The van der Waals surface area contributed by atoms with Crippen LogP contribution in [0, 0.1) is 11.3 Å². The second-order valence-corrected chi connectivity index (χ2v) is 14.7. The van der Waals surface area contributed by atoms with Crippen molar-refractivity contribution in [3.63, 3.8) is 0 Å². The number of hydrogen-bond donors (Lipinski definition) is 8. The van der Waals surface area contributed by atoms with E-state index in [9.17, 15) is 33.6 Å². The number of aliphatic carboxylic acids is 1. The van der Waals surface area contributed by atoms with E-state index in [0.29, 0.717) is 19.4 Å². The fraction of sp³-hybridized carbons (Fsp3) is 0.611. The number of benzene rings is 1. The van der Waals surface area contributed by atoms with Gasteiger partial charge in [-0.1, -0.05) is 57.5 Å². The van der Waals surface area contributed by atoms with Crippen LogP contribution in [-0.4, -0.2) is 106 Å². The van der Waals surface area contributed by atoms with Crippen molar-refractivity contribution in [2.24, 2.45) is 11.7 Å². The number of hydrogen-bond acceptors (Lipinski definition) is 9. The first-order valence-electron chi connectivity index (χ1n) is 18.1. The number of amides is 6. The number of carbonyl (C=O) groups excluding carboxylic acids is 6. The normalized spacial score (nSPS) is 16.3. The molecule has 0 radical (unpaired) electrons. The van der Waals surface area contributed by atoms with Gasteiger partial charge in [-0.25, -0.2) is 0 Å². The minimum Gasteiger partial charge on any atom is -0.481 e. The van der Waals surface area contributed by atoms with Crippen LogP contribution < -0.4 is 32.3 Å². The molecule has 2 rings (SSSR count). The van der Waals surface area contributed by atoms with Gasteiger partial charge in [0.05, 0.1) is 5.25 Å². The van der Waals surface area contributed by atoms with Crippen molar-refractivity contribution in [1.29, 1.82) is 5.41 Å². The molecular weight excluding hydrogens is 705 g/mol. The highest BCUT2D eigenvalue weighted by Gasteiger charge is 2.39. The number of rotatable bonds is 24. The number of imide groups is 1. The Bertz CT molecular complexity index is 1430. The molecule has 53 heavy (non-hydrogen) atoms. The average Bonchev–Trinajstić information content (AvgIpc) is 3.37. The first-order valence-corrected chi connectivity index (χ1v) is 19.2. The van der Waals surface area contributed by atoms with Crippen LogP contribution in [0.15, 0.2) is 30.3 Å². The molecule has 1 aliphatic rings. The van der Waals surface area contributed by atoms with Gasteiger partial charge >= 0.3 is 5.97 Å². The van der Waals surface area contributed by atoms with Gasteiger partial charge in [-0.3, -0.25) is 43.9 Å². The highest BCUT2D eigenvalue weighted by Crippen LogP contribution is 2.27. The van der Waals surface area contributed by atoms with Gasteiger partial charge in [0.25, 0.3) is 0 Å². The Morgan fingerprint density at radius 1 is 0.906 bits per heavy atom. The highest BCUT2D eigenvalue weighted by molar-refractivity contribution is 8.00. The van der Waals surface area contributed by atoms with Gasteiger partial charge in [-0.15, -0.1) is 11.8 Å². The third kappa shape index (κ3) is 16.3. The SMILES string of the molecule is CCCCN1C(=O)CC(SCC(CCCC(=O)O)NC(=O)C(C)NC(=O)C(CCCNC(=N)N)NC(=O)C(Cc2ccccc2)NC(=O)C(C)C)C1=O. The Kier molecular flexibility index (Phi) is 19.4. The summed E-state index contributed by atoms with van der Waals surface area (Å²) < 4.78 is 0. The highest BCUT2D eigenvalue weighted by atomic mass is 32.2. The van der Waals surface area contributed by atoms with E-state index in [4.69, 9.17) is 16.2 Å². The van der Waals surface area contributed by atoms with E-state index in [1.165, 1.54) is 23.6 Å². The standard InChI is InChI=1S/C36H56N8O8S/c1-5-6-18-44-29(45)20-28(35(44)52)53-21-25(14-10-16-30(46)47)41-32(49)23(4)40-33(50)26(15-11-17-39-36(37)38)42-34(51)27(43-31(48)22(2)3)19-24-12-8-7-9-13-24/h7-9,12-13,22-23,25-28H,5-6,10-11,14-21H2,1-4H3,(H,40,50)(H,41,49)(H,42,51)(H,43,48)(H,46,47)(H4,37,38,39). The van der Waals surface area contributed by atoms with Crippen LogP contribution in [0.2, 0.25) is 0 Å². The minimum atomic E-state index is -1.12. The lowest BCUT2D eigenvalue weighted by Crippen LogP contribution is -2.57. The quantitative estimate of drug-likeness (QED) is 0.0320. The zero-order valence-corrected chi connectivity index (χ0v) is 31.9. The molecule has 5 unspecified atom stereocenters. The zero-order valence-electron chi connectivity index (χ0n) is 31.1.